The monoisotopic (exact) mass is 672 g/mol. The zero-order chi connectivity index (χ0) is 36.9. The van der Waals surface area contributed by atoms with E-state index in [1.54, 1.807) is 0 Å². The minimum Gasteiger partial charge on any atom is -0.345 e. The van der Waals surface area contributed by atoms with Gasteiger partial charge in [-0.15, -0.1) is 0 Å². The average molecular weight is 673 g/mol. The Morgan fingerprint density at radius 3 is 2.20 bits per heavy atom. The van der Waals surface area contributed by atoms with Crippen molar-refractivity contribution in [1.29, 1.82) is 0 Å². The molecule has 0 aliphatic heterocycles. The third kappa shape index (κ3) is 7.97. The number of rotatable bonds is 12. The van der Waals surface area contributed by atoms with Crippen molar-refractivity contribution in [3.05, 3.63) is 163 Å². The number of anilines is 1. The molecular weight excluding hydrogens is 617 g/mol. The lowest BCUT2D eigenvalue weighted by Crippen LogP contribution is -2.23. The lowest BCUT2D eigenvalue weighted by atomic mass is 9.74. The number of benzene rings is 3. The van der Waals surface area contributed by atoms with Crippen molar-refractivity contribution in [2.24, 2.45) is 17.3 Å². The van der Waals surface area contributed by atoms with E-state index in [9.17, 15) is 0 Å². The molecule has 1 aromatic heterocycles. The summed E-state index contributed by atoms with van der Waals surface area (Å²) in [6.07, 6.45) is 21.3. The van der Waals surface area contributed by atoms with E-state index in [-0.39, 0.29) is 5.41 Å². The molecule has 4 aromatic rings. The number of nitrogens with zero attached hydrogens (tertiary/aromatic N) is 2. The Morgan fingerprint density at radius 1 is 0.922 bits per heavy atom. The highest BCUT2D eigenvalue weighted by molar-refractivity contribution is 5.85. The van der Waals surface area contributed by atoms with Crippen LogP contribution in [0.2, 0.25) is 0 Å². The largest absolute Gasteiger partial charge is 0.345 e. The molecule has 1 unspecified atom stereocenters. The van der Waals surface area contributed by atoms with E-state index in [0.717, 1.165) is 57.7 Å². The summed E-state index contributed by atoms with van der Waals surface area (Å²) in [5.74, 6) is 0.876. The first-order valence-corrected chi connectivity index (χ1v) is 18.4. The molecule has 2 nitrogen and oxygen atoms in total. The number of hydrogen-bond acceptors (Lipinski definition) is 1. The van der Waals surface area contributed by atoms with Gasteiger partial charge in [-0.2, -0.15) is 0 Å². The van der Waals surface area contributed by atoms with E-state index in [4.69, 9.17) is 0 Å². The number of aromatic nitrogens is 1. The molecule has 0 spiro atoms. The van der Waals surface area contributed by atoms with E-state index in [1.165, 1.54) is 28.1 Å². The molecule has 0 saturated heterocycles. The normalized spacial score (nSPS) is 15.0. The quantitative estimate of drug-likeness (QED) is 0.136. The van der Waals surface area contributed by atoms with Gasteiger partial charge in [-0.25, -0.2) is 0 Å². The minimum atomic E-state index is 0.188. The van der Waals surface area contributed by atoms with Crippen molar-refractivity contribution >= 4 is 23.4 Å². The summed E-state index contributed by atoms with van der Waals surface area (Å²) in [6, 6.07) is 24.5. The molecule has 5 rings (SSSR count). The van der Waals surface area contributed by atoms with Crippen LogP contribution in [0.3, 0.4) is 0 Å². The first kappa shape index (κ1) is 37.2. The molecule has 0 saturated carbocycles. The molecule has 51 heavy (non-hydrogen) atoms. The van der Waals surface area contributed by atoms with Crippen molar-refractivity contribution in [1.82, 2.24) is 4.57 Å². The first-order valence-electron chi connectivity index (χ1n) is 18.4. The number of likely N-dealkylation sites (N-methyl/N-ethyl adjacent to an activating group) is 1. The van der Waals surface area contributed by atoms with Gasteiger partial charge in [0, 0.05) is 35.5 Å². The first-order chi connectivity index (χ1) is 24.4. The summed E-state index contributed by atoms with van der Waals surface area (Å²) < 4.78 is 2.49. The van der Waals surface area contributed by atoms with Gasteiger partial charge in [-0.1, -0.05) is 128 Å². The summed E-state index contributed by atoms with van der Waals surface area (Å²) in [5, 5.41) is 0. The molecule has 262 valence electrons. The molecule has 1 aliphatic carbocycles. The highest BCUT2D eigenvalue weighted by Crippen LogP contribution is 2.42. The molecule has 1 heterocycles. The van der Waals surface area contributed by atoms with Gasteiger partial charge in [-0.3, -0.25) is 0 Å². The van der Waals surface area contributed by atoms with Crippen LogP contribution in [-0.2, 0) is 12.8 Å². The van der Waals surface area contributed by atoms with Crippen LogP contribution in [0.15, 0.2) is 135 Å². The summed E-state index contributed by atoms with van der Waals surface area (Å²) in [6.45, 7) is 28.3. The van der Waals surface area contributed by atoms with Crippen molar-refractivity contribution in [2.45, 2.75) is 61.3 Å². The maximum absolute atomic E-state index is 4.20. The van der Waals surface area contributed by atoms with E-state index in [1.807, 2.05) is 24.3 Å². The van der Waals surface area contributed by atoms with E-state index < -0.39 is 0 Å². The zero-order valence-corrected chi connectivity index (χ0v) is 32.1. The highest BCUT2D eigenvalue weighted by Gasteiger charge is 2.30. The van der Waals surface area contributed by atoms with Gasteiger partial charge in [0.05, 0.1) is 0 Å². The molecule has 1 aliphatic rings. The predicted molar refractivity (Wildman–Crippen MR) is 226 cm³/mol. The fraction of sp³-hybridized carbons (Fsp3) is 0.265. The Hall–Kier alpha value is -5.08. The number of hydrogen-bond donors (Lipinski definition) is 0. The van der Waals surface area contributed by atoms with Crippen molar-refractivity contribution in [2.75, 3.05) is 11.9 Å². The van der Waals surface area contributed by atoms with Crippen LogP contribution in [0, 0.1) is 17.3 Å². The van der Waals surface area contributed by atoms with Crippen LogP contribution in [0.25, 0.3) is 45.7 Å². The molecule has 0 amide bonds. The standard InChI is InChI=1S/C49H56N2/c1-12-20-35(14-3)37-27-40(39-28-38(36-22-18-17-19-23-36)29-43(30-39)50(11)42(15-4)26-34(6)7)32-44(31-37)51-47(21-13-2)45(16-5)46-33-41(49(8,9)10)24-25-48(46)51/h12-15,17-32,34,41H,1,3-4,16,33H2,2,5-11H3/b21-13-,35-20+,42-26-. The highest BCUT2D eigenvalue weighted by atomic mass is 15.1. The summed E-state index contributed by atoms with van der Waals surface area (Å²) in [7, 11) is 2.13. The molecule has 0 bridgehead atoms. The Balaban J connectivity index is 1.84. The van der Waals surface area contributed by atoms with E-state index >= 15 is 0 Å². The summed E-state index contributed by atoms with van der Waals surface area (Å²) in [4.78, 5) is 2.25. The number of fused-ring (bicyclic) bond motifs is 1. The molecule has 1 atom stereocenters. The SMILES string of the molecule is C=C/C=C(\C=C)c1cc(-c2cc(-c3ccccc3)cc(N(C)/C(C=C)=C\C(C)C)c2)cc(-n2c3c(c(CC)c2/C=C\C)CC(C(C)(C)C)C=C3)c1. The minimum absolute atomic E-state index is 0.188. The topological polar surface area (TPSA) is 8.17 Å². The zero-order valence-electron chi connectivity index (χ0n) is 32.1. The van der Waals surface area contributed by atoms with E-state index in [0.29, 0.717) is 11.8 Å². The van der Waals surface area contributed by atoms with Crippen LogP contribution in [0.5, 0.6) is 0 Å². The van der Waals surface area contributed by atoms with Crippen molar-refractivity contribution in [3.63, 3.8) is 0 Å². The second-order valence-corrected chi connectivity index (χ2v) is 15.0. The summed E-state index contributed by atoms with van der Waals surface area (Å²) >= 11 is 0. The second kappa shape index (κ2) is 15.9. The van der Waals surface area contributed by atoms with Gasteiger partial charge in [-0.05, 0) is 136 Å². The van der Waals surface area contributed by atoms with Crippen LogP contribution < -0.4 is 4.90 Å². The Kier molecular flexibility index (Phi) is 11.6. The predicted octanol–water partition coefficient (Wildman–Crippen LogP) is 13.6. The Bertz CT molecular complexity index is 2030. The van der Waals surface area contributed by atoms with Crippen molar-refractivity contribution in [3.8, 4) is 27.9 Å². The molecule has 0 fully saturated rings. The molecule has 0 radical (unpaired) electrons. The molecular formula is C49H56N2. The third-order valence-corrected chi connectivity index (χ3v) is 10.0. The smallest absolute Gasteiger partial charge is 0.0494 e. The van der Waals surface area contributed by atoms with Gasteiger partial charge in [0.1, 0.15) is 0 Å². The summed E-state index contributed by atoms with van der Waals surface area (Å²) in [5.41, 5.74) is 15.7. The molecule has 0 N–H and O–H groups in total. The fourth-order valence-electron chi connectivity index (χ4n) is 7.27. The van der Waals surface area contributed by atoms with Crippen LogP contribution in [-0.4, -0.2) is 11.6 Å². The van der Waals surface area contributed by atoms with Crippen LogP contribution in [0.1, 0.15) is 76.5 Å². The lowest BCUT2D eigenvalue weighted by Gasteiger charge is -2.31. The Labute approximate surface area is 308 Å². The van der Waals surface area contributed by atoms with Gasteiger partial charge in [0.2, 0.25) is 0 Å². The third-order valence-electron chi connectivity index (χ3n) is 10.0. The Morgan fingerprint density at radius 2 is 1.61 bits per heavy atom. The van der Waals surface area contributed by atoms with Crippen LogP contribution >= 0.6 is 0 Å². The maximum atomic E-state index is 4.20. The van der Waals surface area contributed by atoms with Gasteiger partial charge >= 0.3 is 0 Å². The average Bonchev–Trinajstić information content (AvgIpc) is 3.44. The lowest BCUT2D eigenvalue weighted by molar-refractivity contribution is 0.290. The molecule has 3 aromatic carbocycles. The van der Waals surface area contributed by atoms with Crippen molar-refractivity contribution < 1.29 is 0 Å². The second-order valence-electron chi connectivity index (χ2n) is 15.0. The van der Waals surface area contributed by atoms with Gasteiger partial charge < -0.3 is 9.47 Å². The number of allylic oxidation sites excluding steroid dienone is 8. The van der Waals surface area contributed by atoms with Crippen LogP contribution in [0.4, 0.5) is 5.69 Å². The molecule has 2 heteroatoms. The maximum Gasteiger partial charge on any atom is 0.0494 e. The van der Waals surface area contributed by atoms with Gasteiger partial charge in [0.25, 0.3) is 0 Å². The van der Waals surface area contributed by atoms with Gasteiger partial charge in [0.15, 0.2) is 0 Å². The van der Waals surface area contributed by atoms with E-state index in [2.05, 4.69) is 182 Å². The fourth-order valence-corrected chi connectivity index (χ4v) is 7.27.